The van der Waals surface area contributed by atoms with Crippen molar-refractivity contribution < 1.29 is 9.47 Å². The Kier molecular flexibility index (Phi) is 9.18. The SMILES string of the molecule is CCCCCCCCC(Br)c1cc(OC)c(OC)cc1Cl. The normalized spacial score (nSPS) is 12.2. The van der Waals surface area contributed by atoms with E-state index in [2.05, 4.69) is 22.9 Å². The molecule has 120 valence electrons. The molecule has 0 heterocycles. The van der Waals surface area contributed by atoms with Crippen LogP contribution in [-0.4, -0.2) is 14.2 Å². The van der Waals surface area contributed by atoms with Crippen molar-refractivity contribution >= 4 is 27.5 Å². The van der Waals surface area contributed by atoms with Crippen molar-refractivity contribution in [2.24, 2.45) is 0 Å². The monoisotopic (exact) mass is 376 g/mol. The third-order valence-electron chi connectivity index (χ3n) is 3.65. The Hall–Kier alpha value is -0.410. The van der Waals surface area contributed by atoms with Crippen LogP contribution < -0.4 is 9.47 Å². The summed E-state index contributed by atoms with van der Waals surface area (Å²) in [5.74, 6) is 1.40. The summed E-state index contributed by atoms with van der Waals surface area (Å²) in [5, 5.41) is 0.723. The van der Waals surface area contributed by atoms with Gasteiger partial charge in [0, 0.05) is 15.9 Å². The highest BCUT2D eigenvalue weighted by Gasteiger charge is 2.16. The summed E-state index contributed by atoms with van der Waals surface area (Å²) in [4.78, 5) is 0.260. The van der Waals surface area contributed by atoms with E-state index in [-0.39, 0.29) is 4.83 Å². The van der Waals surface area contributed by atoms with Crippen LogP contribution in [0, 0.1) is 0 Å². The summed E-state index contributed by atoms with van der Waals surface area (Å²) in [6.07, 6.45) is 8.90. The van der Waals surface area contributed by atoms with Gasteiger partial charge in [-0.05, 0) is 18.1 Å². The van der Waals surface area contributed by atoms with E-state index in [9.17, 15) is 0 Å². The summed E-state index contributed by atoms with van der Waals surface area (Å²) < 4.78 is 10.6. The smallest absolute Gasteiger partial charge is 0.162 e. The van der Waals surface area contributed by atoms with Gasteiger partial charge in [-0.25, -0.2) is 0 Å². The molecule has 0 aromatic heterocycles. The molecule has 0 aliphatic rings. The average Bonchev–Trinajstić information content (AvgIpc) is 2.50. The zero-order chi connectivity index (χ0) is 15.7. The molecule has 1 unspecified atom stereocenters. The number of rotatable bonds is 10. The van der Waals surface area contributed by atoms with Gasteiger partial charge in [-0.3, -0.25) is 0 Å². The van der Waals surface area contributed by atoms with Crippen molar-refractivity contribution in [2.75, 3.05) is 14.2 Å². The van der Waals surface area contributed by atoms with Gasteiger partial charge in [0.05, 0.1) is 14.2 Å². The maximum atomic E-state index is 6.35. The second-order valence-electron chi connectivity index (χ2n) is 5.25. The van der Waals surface area contributed by atoms with Crippen molar-refractivity contribution in [2.45, 2.75) is 56.7 Å². The van der Waals surface area contributed by atoms with Gasteiger partial charge in [0.15, 0.2) is 11.5 Å². The molecular formula is C17H26BrClO2. The maximum absolute atomic E-state index is 6.35. The Bertz CT molecular complexity index is 423. The van der Waals surface area contributed by atoms with Crippen molar-refractivity contribution in [1.29, 1.82) is 0 Å². The molecule has 0 saturated heterocycles. The molecule has 0 aliphatic heterocycles. The lowest BCUT2D eigenvalue weighted by atomic mass is 10.0. The standard InChI is InChI=1S/C17H26BrClO2/c1-4-5-6-7-8-9-10-14(18)13-11-16(20-2)17(21-3)12-15(13)19/h11-12,14H,4-10H2,1-3H3. The van der Waals surface area contributed by atoms with Crippen LogP contribution >= 0.6 is 27.5 Å². The van der Waals surface area contributed by atoms with E-state index in [1.165, 1.54) is 38.5 Å². The largest absolute Gasteiger partial charge is 0.493 e. The topological polar surface area (TPSA) is 18.5 Å². The molecular weight excluding hydrogens is 352 g/mol. The van der Waals surface area contributed by atoms with E-state index in [1.807, 2.05) is 12.1 Å². The number of methoxy groups -OCH3 is 2. The van der Waals surface area contributed by atoms with Gasteiger partial charge in [0.2, 0.25) is 0 Å². The lowest BCUT2D eigenvalue weighted by Gasteiger charge is -2.15. The van der Waals surface area contributed by atoms with Gasteiger partial charge in [-0.1, -0.05) is 73.0 Å². The van der Waals surface area contributed by atoms with Crippen molar-refractivity contribution in [3.63, 3.8) is 0 Å². The number of hydrogen-bond acceptors (Lipinski definition) is 2. The molecule has 0 amide bonds. The molecule has 0 aliphatic carbocycles. The molecule has 1 aromatic carbocycles. The van der Waals surface area contributed by atoms with Crippen LogP contribution in [0.3, 0.4) is 0 Å². The molecule has 2 nitrogen and oxygen atoms in total. The number of alkyl halides is 1. The molecule has 0 radical (unpaired) electrons. The molecule has 1 rings (SSSR count). The van der Waals surface area contributed by atoms with Crippen molar-refractivity contribution in [3.05, 3.63) is 22.7 Å². The summed E-state index contributed by atoms with van der Waals surface area (Å²) in [7, 11) is 3.27. The van der Waals surface area contributed by atoms with Crippen LogP contribution in [-0.2, 0) is 0 Å². The van der Waals surface area contributed by atoms with Gasteiger partial charge in [-0.15, -0.1) is 0 Å². The fourth-order valence-corrected chi connectivity index (χ4v) is 3.49. The van der Waals surface area contributed by atoms with Crippen LogP contribution in [0.1, 0.15) is 62.3 Å². The van der Waals surface area contributed by atoms with E-state index in [4.69, 9.17) is 21.1 Å². The second kappa shape index (κ2) is 10.3. The van der Waals surface area contributed by atoms with E-state index in [0.717, 1.165) is 22.8 Å². The first-order chi connectivity index (χ1) is 10.1. The van der Waals surface area contributed by atoms with Crippen LogP contribution in [0.15, 0.2) is 12.1 Å². The molecule has 0 bridgehead atoms. The fourth-order valence-electron chi connectivity index (χ4n) is 2.37. The molecule has 4 heteroatoms. The van der Waals surface area contributed by atoms with Gasteiger partial charge >= 0.3 is 0 Å². The van der Waals surface area contributed by atoms with E-state index >= 15 is 0 Å². The van der Waals surface area contributed by atoms with Crippen molar-refractivity contribution in [1.82, 2.24) is 0 Å². The van der Waals surface area contributed by atoms with Gasteiger partial charge in [-0.2, -0.15) is 0 Å². The summed E-state index contributed by atoms with van der Waals surface area (Å²) in [6, 6.07) is 3.79. The van der Waals surface area contributed by atoms with Crippen LogP contribution in [0.4, 0.5) is 0 Å². The lowest BCUT2D eigenvalue weighted by Crippen LogP contribution is -1.96. The maximum Gasteiger partial charge on any atom is 0.162 e. The first-order valence-electron chi connectivity index (χ1n) is 7.69. The number of halogens is 2. The highest BCUT2D eigenvalue weighted by atomic mass is 79.9. The Labute approximate surface area is 142 Å². The molecule has 0 fully saturated rings. The zero-order valence-corrected chi connectivity index (χ0v) is 15.6. The number of hydrogen-bond donors (Lipinski definition) is 0. The van der Waals surface area contributed by atoms with E-state index < -0.39 is 0 Å². The molecule has 1 atom stereocenters. The molecule has 21 heavy (non-hydrogen) atoms. The van der Waals surface area contributed by atoms with E-state index in [0.29, 0.717) is 5.75 Å². The second-order valence-corrected chi connectivity index (χ2v) is 6.77. The lowest BCUT2D eigenvalue weighted by molar-refractivity contribution is 0.354. The van der Waals surface area contributed by atoms with Crippen molar-refractivity contribution in [3.8, 4) is 11.5 Å². The Balaban J connectivity index is 2.55. The molecule has 1 aromatic rings. The molecule has 0 spiro atoms. The fraction of sp³-hybridized carbons (Fsp3) is 0.647. The quantitative estimate of drug-likeness (QED) is 0.340. The third-order valence-corrected chi connectivity index (χ3v) is 4.93. The first-order valence-corrected chi connectivity index (χ1v) is 8.98. The number of ether oxygens (including phenoxy) is 2. The minimum atomic E-state index is 0.260. The van der Waals surface area contributed by atoms with Gasteiger partial charge in [0.25, 0.3) is 0 Å². The first kappa shape index (κ1) is 18.6. The highest BCUT2D eigenvalue weighted by Crippen LogP contribution is 2.40. The summed E-state index contributed by atoms with van der Waals surface area (Å²) in [5.41, 5.74) is 1.07. The zero-order valence-electron chi connectivity index (χ0n) is 13.3. The van der Waals surface area contributed by atoms with Crippen LogP contribution in [0.5, 0.6) is 11.5 Å². The Morgan fingerprint density at radius 1 is 1.00 bits per heavy atom. The van der Waals surface area contributed by atoms with Crippen LogP contribution in [0.25, 0.3) is 0 Å². The predicted molar refractivity (Wildman–Crippen MR) is 94.2 cm³/mol. The summed E-state index contributed by atoms with van der Waals surface area (Å²) in [6.45, 7) is 2.24. The predicted octanol–water partition coefficient (Wildman–Crippen LogP) is 6.54. The minimum Gasteiger partial charge on any atom is -0.493 e. The molecule has 0 N–H and O–H groups in total. The van der Waals surface area contributed by atoms with Gasteiger partial charge in [0.1, 0.15) is 0 Å². The van der Waals surface area contributed by atoms with Gasteiger partial charge < -0.3 is 9.47 Å². The molecule has 0 saturated carbocycles. The highest BCUT2D eigenvalue weighted by molar-refractivity contribution is 9.09. The number of unbranched alkanes of at least 4 members (excludes halogenated alkanes) is 5. The Morgan fingerprint density at radius 2 is 1.57 bits per heavy atom. The van der Waals surface area contributed by atoms with E-state index in [1.54, 1.807) is 14.2 Å². The van der Waals surface area contributed by atoms with Crippen LogP contribution in [0.2, 0.25) is 5.02 Å². The third kappa shape index (κ3) is 6.07. The Morgan fingerprint density at radius 3 is 2.19 bits per heavy atom. The minimum absolute atomic E-state index is 0.260. The number of benzene rings is 1. The summed E-state index contributed by atoms with van der Waals surface area (Å²) >= 11 is 10.1. The average molecular weight is 378 g/mol.